The second-order valence-corrected chi connectivity index (χ2v) is 6.25. The number of nitrogens with two attached hydrogens (primary N) is 1. The average Bonchev–Trinajstić information content (AvgIpc) is 2.60. The first-order valence-electron chi connectivity index (χ1n) is 8.34. The molecule has 0 unspecified atom stereocenters. The van der Waals surface area contributed by atoms with Crippen LogP contribution in [0.25, 0.3) is 0 Å². The van der Waals surface area contributed by atoms with Gasteiger partial charge in [-0.15, -0.1) is 0 Å². The summed E-state index contributed by atoms with van der Waals surface area (Å²) in [5, 5.41) is 12.0. The van der Waals surface area contributed by atoms with E-state index in [0.717, 1.165) is 26.1 Å². The highest BCUT2D eigenvalue weighted by molar-refractivity contribution is 5.73. The number of aryl methyl sites for hydroxylation is 2. The minimum atomic E-state index is -0.226. The van der Waals surface area contributed by atoms with Crippen molar-refractivity contribution in [1.82, 2.24) is 4.90 Å². The van der Waals surface area contributed by atoms with E-state index in [1.807, 2.05) is 0 Å². The Morgan fingerprint density at radius 2 is 1.28 bits per heavy atom. The average molecular weight is 344 g/mol. The van der Waals surface area contributed by atoms with Gasteiger partial charge in [-0.3, -0.25) is 20.2 Å². The summed E-state index contributed by atoms with van der Waals surface area (Å²) in [6.45, 7) is 6.83. The van der Waals surface area contributed by atoms with E-state index in [2.05, 4.69) is 67.3 Å². The van der Waals surface area contributed by atoms with E-state index in [1.165, 1.54) is 22.3 Å². The van der Waals surface area contributed by atoms with Gasteiger partial charge in [0.05, 0.1) is 0 Å². The molecule has 0 heterocycles. The highest BCUT2D eigenvalue weighted by Crippen LogP contribution is 2.13. The Balaban J connectivity index is 0.00000151. The first kappa shape index (κ1) is 20.8. The Kier molecular flexibility index (Phi) is 9.47. The molecule has 0 bridgehead atoms. The summed E-state index contributed by atoms with van der Waals surface area (Å²) in [4.78, 5) is 13.3. The molecule has 2 rings (SSSR count). The number of rotatable bonds is 8. The van der Waals surface area contributed by atoms with E-state index >= 15 is 0 Å². The zero-order valence-electron chi connectivity index (χ0n) is 15.0. The van der Waals surface area contributed by atoms with Crippen molar-refractivity contribution in [3.63, 3.8) is 0 Å². The number of primary amides is 1. The topological polar surface area (TPSA) is 86.8 Å². The van der Waals surface area contributed by atoms with E-state index in [4.69, 9.17) is 16.2 Å². The number of hydrogen-bond acceptors (Lipinski definition) is 4. The van der Waals surface area contributed by atoms with Gasteiger partial charge in [0.1, 0.15) is 0 Å². The van der Waals surface area contributed by atoms with E-state index < -0.39 is 0 Å². The normalized spacial score (nSPS) is 10.3. The molecule has 25 heavy (non-hydrogen) atoms. The van der Waals surface area contributed by atoms with Crippen LogP contribution in [0, 0.1) is 13.8 Å². The lowest BCUT2D eigenvalue weighted by atomic mass is 10.1. The Morgan fingerprint density at radius 3 is 1.64 bits per heavy atom. The molecule has 2 aromatic carbocycles. The van der Waals surface area contributed by atoms with Crippen LogP contribution < -0.4 is 5.73 Å². The molecule has 5 nitrogen and oxygen atoms in total. The standard InChI is InChI=1S/C20H26N2O.H2O2/c1-16-5-9-18(10-6-16)14-22(13-3-4-20(21)23)15-19-11-7-17(2)8-12-19;1-2/h5-12H,3-4,13-15H2,1-2H3,(H2,21,23);1-2H. The van der Waals surface area contributed by atoms with Crippen LogP contribution in [0.1, 0.15) is 35.1 Å². The zero-order chi connectivity index (χ0) is 18.7. The van der Waals surface area contributed by atoms with Gasteiger partial charge in [0.25, 0.3) is 0 Å². The molecule has 2 aromatic rings. The summed E-state index contributed by atoms with van der Waals surface area (Å²) in [6, 6.07) is 17.3. The summed E-state index contributed by atoms with van der Waals surface area (Å²) in [5.74, 6) is -0.226. The summed E-state index contributed by atoms with van der Waals surface area (Å²) >= 11 is 0. The zero-order valence-corrected chi connectivity index (χ0v) is 15.0. The van der Waals surface area contributed by atoms with Gasteiger partial charge in [-0.05, 0) is 37.9 Å². The Bertz CT molecular complexity index is 577. The third-order valence-electron chi connectivity index (χ3n) is 3.95. The molecule has 136 valence electrons. The largest absolute Gasteiger partial charge is 0.370 e. The van der Waals surface area contributed by atoms with Gasteiger partial charge in [-0.25, -0.2) is 0 Å². The van der Waals surface area contributed by atoms with Crippen molar-refractivity contribution in [3.8, 4) is 0 Å². The number of carbonyl (C=O) groups is 1. The van der Waals surface area contributed by atoms with Crippen molar-refractivity contribution < 1.29 is 15.3 Å². The quantitative estimate of drug-likeness (QED) is 0.504. The molecule has 0 spiro atoms. The van der Waals surface area contributed by atoms with Crippen LogP contribution in [0.4, 0.5) is 0 Å². The summed E-state index contributed by atoms with van der Waals surface area (Å²) in [5.41, 5.74) is 10.4. The molecule has 0 atom stereocenters. The van der Waals surface area contributed by atoms with E-state index in [1.54, 1.807) is 0 Å². The monoisotopic (exact) mass is 344 g/mol. The van der Waals surface area contributed by atoms with E-state index in [9.17, 15) is 4.79 Å². The van der Waals surface area contributed by atoms with Gasteiger partial charge < -0.3 is 5.73 Å². The minimum Gasteiger partial charge on any atom is -0.370 e. The van der Waals surface area contributed by atoms with Crippen LogP contribution in [0.5, 0.6) is 0 Å². The molecule has 4 N–H and O–H groups in total. The molecule has 5 heteroatoms. The molecular weight excluding hydrogens is 316 g/mol. The van der Waals surface area contributed by atoms with Crippen molar-refractivity contribution in [2.75, 3.05) is 6.54 Å². The second kappa shape index (κ2) is 11.4. The van der Waals surface area contributed by atoms with Gasteiger partial charge in [-0.1, -0.05) is 59.7 Å². The van der Waals surface area contributed by atoms with Crippen molar-refractivity contribution in [3.05, 3.63) is 70.8 Å². The molecule has 0 radical (unpaired) electrons. The SMILES string of the molecule is Cc1ccc(CN(CCCC(N)=O)Cc2ccc(C)cc2)cc1.OO. The third kappa shape index (κ3) is 8.44. The smallest absolute Gasteiger partial charge is 0.217 e. The maximum Gasteiger partial charge on any atom is 0.217 e. The fourth-order valence-corrected chi connectivity index (χ4v) is 2.59. The fraction of sp³-hybridized carbons (Fsp3) is 0.350. The molecule has 0 fully saturated rings. The van der Waals surface area contributed by atoms with Crippen molar-refractivity contribution >= 4 is 5.91 Å². The van der Waals surface area contributed by atoms with Crippen molar-refractivity contribution in [1.29, 1.82) is 0 Å². The molecule has 0 aliphatic carbocycles. The molecular formula is C20H28N2O3. The molecule has 1 amide bonds. The van der Waals surface area contributed by atoms with Crippen LogP contribution in [-0.4, -0.2) is 27.9 Å². The lowest BCUT2D eigenvalue weighted by Crippen LogP contribution is -2.25. The molecule has 0 aliphatic heterocycles. The molecule has 0 saturated carbocycles. The maximum atomic E-state index is 11.0. The number of hydrogen-bond donors (Lipinski definition) is 3. The lowest BCUT2D eigenvalue weighted by molar-refractivity contribution is -0.176. The van der Waals surface area contributed by atoms with Gasteiger partial charge in [0.2, 0.25) is 5.91 Å². The number of nitrogens with zero attached hydrogens (tertiary/aromatic N) is 1. The summed E-state index contributed by atoms with van der Waals surface area (Å²) in [7, 11) is 0. The minimum absolute atomic E-state index is 0.226. The van der Waals surface area contributed by atoms with Crippen LogP contribution in [0.15, 0.2) is 48.5 Å². The predicted octanol–water partition coefficient (Wildman–Crippen LogP) is 3.59. The number of carbonyl (C=O) groups excluding carboxylic acids is 1. The van der Waals surface area contributed by atoms with Crippen molar-refractivity contribution in [2.24, 2.45) is 5.73 Å². The highest BCUT2D eigenvalue weighted by Gasteiger charge is 2.08. The number of amides is 1. The molecule has 0 aliphatic rings. The highest BCUT2D eigenvalue weighted by atomic mass is 17.0. The third-order valence-corrected chi connectivity index (χ3v) is 3.95. The van der Waals surface area contributed by atoms with Gasteiger partial charge in [-0.2, -0.15) is 0 Å². The first-order valence-corrected chi connectivity index (χ1v) is 8.34. The van der Waals surface area contributed by atoms with Crippen LogP contribution in [0.2, 0.25) is 0 Å². The summed E-state index contributed by atoms with van der Waals surface area (Å²) in [6.07, 6.45) is 1.24. The summed E-state index contributed by atoms with van der Waals surface area (Å²) < 4.78 is 0. The van der Waals surface area contributed by atoms with Gasteiger partial charge in [0, 0.05) is 19.5 Å². The lowest BCUT2D eigenvalue weighted by Gasteiger charge is -2.22. The Morgan fingerprint density at radius 1 is 0.880 bits per heavy atom. The van der Waals surface area contributed by atoms with Crippen LogP contribution in [-0.2, 0) is 17.9 Å². The maximum absolute atomic E-state index is 11.0. The van der Waals surface area contributed by atoms with Crippen molar-refractivity contribution in [2.45, 2.75) is 39.8 Å². The van der Waals surface area contributed by atoms with Gasteiger partial charge >= 0.3 is 0 Å². The van der Waals surface area contributed by atoms with E-state index in [-0.39, 0.29) is 5.91 Å². The molecule has 0 aromatic heterocycles. The first-order chi connectivity index (χ1) is 12.0. The fourth-order valence-electron chi connectivity index (χ4n) is 2.59. The van der Waals surface area contributed by atoms with Crippen LogP contribution in [0.3, 0.4) is 0 Å². The van der Waals surface area contributed by atoms with Gasteiger partial charge in [0.15, 0.2) is 0 Å². The number of benzene rings is 2. The molecule has 0 saturated heterocycles. The Labute approximate surface area is 149 Å². The van der Waals surface area contributed by atoms with Crippen LogP contribution >= 0.6 is 0 Å². The Hall–Kier alpha value is -2.21. The predicted molar refractivity (Wildman–Crippen MR) is 100 cm³/mol. The van der Waals surface area contributed by atoms with E-state index in [0.29, 0.717) is 6.42 Å². The second-order valence-electron chi connectivity index (χ2n) is 6.25.